The lowest BCUT2D eigenvalue weighted by Gasteiger charge is -2.10. The lowest BCUT2D eigenvalue weighted by atomic mass is 10.1. The highest BCUT2D eigenvalue weighted by atomic mass is 16.4. The van der Waals surface area contributed by atoms with Crippen LogP contribution in [0.4, 0.5) is 10.5 Å². The van der Waals surface area contributed by atoms with Crippen molar-refractivity contribution in [2.24, 2.45) is 0 Å². The number of benzene rings is 1. The molecule has 1 aromatic heterocycles. The van der Waals surface area contributed by atoms with E-state index in [0.717, 1.165) is 6.07 Å². The van der Waals surface area contributed by atoms with Crippen LogP contribution in [-0.2, 0) is 6.54 Å². The van der Waals surface area contributed by atoms with Gasteiger partial charge in [-0.25, -0.2) is 9.59 Å². The first-order valence-corrected chi connectivity index (χ1v) is 6.01. The number of nitrogens with one attached hydrogen (secondary N) is 2. The normalized spacial score (nSPS) is 10.1. The first-order valence-electron chi connectivity index (χ1n) is 6.01. The van der Waals surface area contributed by atoms with E-state index in [0.29, 0.717) is 13.1 Å². The van der Waals surface area contributed by atoms with E-state index < -0.39 is 12.0 Å². The fourth-order valence-electron chi connectivity index (χ4n) is 1.62. The predicted molar refractivity (Wildman–Crippen MR) is 72.1 cm³/mol. The van der Waals surface area contributed by atoms with E-state index in [2.05, 4.69) is 20.9 Å². The number of urea groups is 1. The molecule has 0 aliphatic rings. The number of anilines is 1. The van der Waals surface area contributed by atoms with Crippen LogP contribution in [-0.4, -0.2) is 43.8 Å². The zero-order chi connectivity index (χ0) is 15.2. The number of hydrogen-bond acceptors (Lipinski definition) is 5. The van der Waals surface area contributed by atoms with Crippen molar-refractivity contribution in [2.45, 2.75) is 6.54 Å². The van der Waals surface area contributed by atoms with Gasteiger partial charge in [-0.15, -0.1) is 5.10 Å². The lowest BCUT2D eigenvalue weighted by Crippen LogP contribution is -2.32. The zero-order valence-electron chi connectivity index (χ0n) is 10.9. The van der Waals surface area contributed by atoms with E-state index in [1.807, 2.05) is 0 Å². The molecule has 2 aromatic rings. The van der Waals surface area contributed by atoms with Crippen LogP contribution in [0.15, 0.2) is 30.6 Å². The first-order chi connectivity index (χ1) is 10.1. The lowest BCUT2D eigenvalue weighted by molar-refractivity contribution is 0.0697. The topological polar surface area (TPSA) is 129 Å². The minimum absolute atomic E-state index is 0.0959. The Kier molecular flexibility index (Phi) is 4.34. The van der Waals surface area contributed by atoms with Gasteiger partial charge in [0.25, 0.3) is 0 Å². The van der Waals surface area contributed by atoms with Crippen LogP contribution in [0.25, 0.3) is 0 Å². The Hall–Kier alpha value is -3.10. The summed E-state index contributed by atoms with van der Waals surface area (Å²) in [7, 11) is 0. The number of phenolic OH excluding ortho intramolecular Hbond substituents is 1. The minimum Gasteiger partial charge on any atom is -0.508 e. The molecule has 4 N–H and O–H groups in total. The second kappa shape index (κ2) is 6.37. The van der Waals surface area contributed by atoms with Gasteiger partial charge in [-0.05, 0) is 18.2 Å². The summed E-state index contributed by atoms with van der Waals surface area (Å²) in [5, 5.41) is 30.6. The summed E-state index contributed by atoms with van der Waals surface area (Å²) < 4.78 is 1.55. The highest BCUT2D eigenvalue weighted by Gasteiger charge is 2.13. The molecular formula is C12H13N5O4. The molecule has 2 rings (SSSR count). The standard InChI is InChI=1S/C12H13N5O4/c18-8-1-2-10(9(7-8)11(19)20)15-12(21)13-3-5-17-6-4-14-16-17/h1-2,4,6-7,18H,3,5H2,(H,19,20)(H2,13,15,21). The molecule has 0 radical (unpaired) electrons. The maximum atomic E-state index is 11.7. The number of aromatic nitrogens is 3. The van der Waals surface area contributed by atoms with E-state index in [1.165, 1.54) is 18.3 Å². The third-order valence-electron chi connectivity index (χ3n) is 2.58. The zero-order valence-corrected chi connectivity index (χ0v) is 10.9. The number of carbonyl (C=O) groups is 2. The van der Waals surface area contributed by atoms with Crippen molar-refractivity contribution in [3.8, 4) is 5.75 Å². The van der Waals surface area contributed by atoms with E-state index in [-0.39, 0.29) is 17.0 Å². The summed E-state index contributed by atoms with van der Waals surface area (Å²) in [6, 6.07) is 3.11. The van der Waals surface area contributed by atoms with Crippen LogP contribution < -0.4 is 10.6 Å². The molecule has 9 nitrogen and oxygen atoms in total. The molecule has 0 saturated carbocycles. The van der Waals surface area contributed by atoms with Crippen molar-refractivity contribution >= 4 is 17.7 Å². The van der Waals surface area contributed by atoms with Gasteiger partial charge >= 0.3 is 12.0 Å². The first kappa shape index (κ1) is 14.3. The summed E-state index contributed by atoms with van der Waals surface area (Å²) in [5.74, 6) is -1.44. The van der Waals surface area contributed by atoms with Crippen LogP contribution in [0, 0.1) is 0 Å². The van der Waals surface area contributed by atoms with Gasteiger partial charge in [0.05, 0.1) is 24.0 Å². The van der Waals surface area contributed by atoms with Crippen molar-refractivity contribution in [2.75, 3.05) is 11.9 Å². The average Bonchev–Trinajstić information content (AvgIpc) is 2.94. The van der Waals surface area contributed by atoms with Gasteiger partial charge in [0.15, 0.2) is 0 Å². The third kappa shape index (κ3) is 3.93. The Morgan fingerprint density at radius 2 is 2.14 bits per heavy atom. The van der Waals surface area contributed by atoms with Gasteiger partial charge in [-0.3, -0.25) is 4.68 Å². The largest absolute Gasteiger partial charge is 0.508 e. The Balaban J connectivity index is 1.92. The van der Waals surface area contributed by atoms with Gasteiger partial charge in [-0.1, -0.05) is 5.21 Å². The number of nitrogens with zero attached hydrogens (tertiary/aromatic N) is 3. The fraction of sp³-hybridized carbons (Fsp3) is 0.167. The quantitative estimate of drug-likeness (QED) is 0.594. The van der Waals surface area contributed by atoms with Crippen molar-refractivity contribution in [1.82, 2.24) is 20.3 Å². The fourth-order valence-corrected chi connectivity index (χ4v) is 1.62. The third-order valence-corrected chi connectivity index (χ3v) is 2.58. The molecule has 21 heavy (non-hydrogen) atoms. The Morgan fingerprint density at radius 1 is 1.33 bits per heavy atom. The number of carboxylic acid groups (broad SMARTS) is 1. The van der Waals surface area contributed by atoms with Crippen molar-refractivity contribution in [3.05, 3.63) is 36.2 Å². The summed E-state index contributed by atoms with van der Waals surface area (Å²) in [6.07, 6.45) is 3.18. The highest BCUT2D eigenvalue weighted by Crippen LogP contribution is 2.21. The number of amides is 2. The Bertz CT molecular complexity index is 641. The molecule has 0 unspecified atom stereocenters. The van der Waals surface area contributed by atoms with Crippen molar-refractivity contribution in [1.29, 1.82) is 0 Å². The van der Waals surface area contributed by atoms with Crippen LogP contribution in [0.1, 0.15) is 10.4 Å². The summed E-state index contributed by atoms with van der Waals surface area (Å²) in [6.45, 7) is 0.741. The number of phenols is 1. The van der Waals surface area contributed by atoms with Gasteiger partial charge in [0.2, 0.25) is 0 Å². The van der Waals surface area contributed by atoms with Crippen molar-refractivity contribution < 1.29 is 19.8 Å². The second-order valence-corrected chi connectivity index (χ2v) is 4.08. The number of hydrogen-bond donors (Lipinski definition) is 4. The van der Waals surface area contributed by atoms with E-state index in [9.17, 15) is 14.7 Å². The van der Waals surface area contributed by atoms with Gasteiger partial charge in [-0.2, -0.15) is 0 Å². The number of carboxylic acids is 1. The highest BCUT2D eigenvalue weighted by molar-refractivity contribution is 6.00. The maximum absolute atomic E-state index is 11.7. The molecular weight excluding hydrogens is 278 g/mol. The van der Waals surface area contributed by atoms with Gasteiger partial charge < -0.3 is 20.8 Å². The molecule has 0 spiro atoms. The second-order valence-electron chi connectivity index (χ2n) is 4.08. The van der Waals surface area contributed by atoms with Crippen LogP contribution in [0.3, 0.4) is 0 Å². The molecule has 0 saturated heterocycles. The smallest absolute Gasteiger partial charge is 0.337 e. The number of aromatic carboxylic acids is 1. The molecule has 0 atom stereocenters. The molecule has 110 valence electrons. The Morgan fingerprint density at radius 3 is 2.81 bits per heavy atom. The summed E-state index contributed by atoms with van der Waals surface area (Å²) in [5.41, 5.74) is -0.0972. The number of aromatic hydroxyl groups is 1. The molecule has 2 amide bonds. The molecule has 1 heterocycles. The summed E-state index contributed by atoms with van der Waals surface area (Å²) >= 11 is 0. The average molecular weight is 291 g/mol. The molecule has 0 bridgehead atoms. The molecule has 0 aliphatic heterocycles. The van der Waals surface area contributed by atoms with Crippen LogP contribution >= 0.6 is 0 Å². The molecule has 9 heteroatoms. The molecule has 1 aromatic carbocycles. The van der Waals surface area contributed by atoms with E-state index in [4.69, 9.17) is 5.11 Å². The van der Waals surface area contributed by atoms with Gasteiger partial charge in [0, 0.05) is 12.7 Å². The SMILES string of the molecule is O=C(NCCn1ccnn1)Nc1ccc(O)cc1C(=O)O. The molecule has 0 fully saturated rings. The predicted octanol–water partition coefficient (Wildman–Crippen LogP) is 0.504. The van der Waals surface area contributed by atoms with Crippen molar-refractivity contribution in [3.63, 3.8) is 0 Å². The Labute approximate surface area is 119 Å². The molecule has 0 aliphatic carbocycles. The number of carbonyl (C=O) groups excluding carboxylic acids is 1. The van der Waals surface area contributed by atoms with Crippen LogP contribution in [0.5, 0.6) is 5.75 Å². The maximum Gasteiger partial charge on any atom is 0.337 e. The minimum atomic E-state index is -1.25. The van der Waals surface area contributed by atoms with Gasteiger partial charge in [0.1, 0.15) is 5.75 Å². The van der Waals surface area contributed by atoms with Crippen LogP contribution in [0.2, 0.25) is 0 Å². The van der Waals surface area contributed by atoms with E-state index in [1.54, 1.807) is 10.9 Å². The monoisotopic (exact) mass is 291 g/mol. The van der Waals surface area contributed by atoms with E-state index >= 15 is 0 Å². The number of rotatable bonds is 5. The summed E-state index contributed by atoms with van der Waals surface area (Å²) in [4.78, 5) is 22.7.